The van der Waals surface area contributed by atoms with Crippen molar-refractivity contribution in [3.63, 3.8) is 0 Å². The maximum absolute atomic E-state index is 13.0. The summed E-state index contributed by atoms with van der Waals surface area (Å²) >= 11 is 0. The van der Waals surface area contributed by atoms with Gasteiger partial charge in [0.05, 0.1) is 51.2 Å². The van der Waals surface area contributed by atoms with E-state index >= 15 is 0 Å². The number of rotatable bonds is 17. The lowest BCUT2D eigenvalue weighted by atomic mass is 10.0. The SMILES string of the molecule is CC[C@@H](N)C[C@H]1OCCCc2cc(cc(OC)c2)COc2ccccc2NC1=O.COc1cc2cc(c1)COc1ccccc1NC(=O)[C@@H](C[C@@H](N)CC(=O)NO)OCCC2.COc1cc2cc(c1)COc1ccccc1NC(=O)[C@@H]([C@@H](N)CC(=O)NO)OCCC2.COc1cc2cc(c1)COc1ccccc1NC(=O)[C@@H]([C@H](N)CC(=O)NO)OCCC2. The van der Waals surface area contributed by atoms with Crippen LogP contribution >= 0.6 is 0 Å². The molecule has 4 aliphatic rings. The van der Waals surface area contributed by atoms with Crippen LogP contribution in [0, 0.1) is 0 Å². The lowest BCUT2D eigenvalue weighted by molar-refractivity contribution is -0.134. The predicted molar refractivity (Wildman–Crippen MR) is 457 cm³/mol. The van der Waals surface area contributed by atoms with Gasteiger partial charge in [-0.05, 0) is 212 Å². The number of carbonyl (C=O) groups excluding carboxylic acids is 7. The average molecular weight is 1700 g/mol. The number of nitrogens with two attached hydrogens (primary N) is 4. The second-order valence-corrected chi connectivity index (χ2v) is 29.5. The number of carbonyl (C=O) groups is 7. The lowest BCUT2D eigenvalue weighted by Crippen LogP contribution is -2.47. The molecule has 8 atom stereocenters. The number of ether oxygens (including phenoxy) is 12. The second kappa shape index (κ2) is 49.8. The van der Waals surface area contributed by atoms with Gasteiger partial charge >= 0.3 is 0 Å². The highest BCUT2D eigenvalue weighted by molar-refractivity contribution is 5.98. The molecule has 33 heteroatoms. The van der Waals surface area contributed by atoms with Crippen LogP contribution < -0.4 is 98.5 Å². The number of aryl methyl sites for hydroxylation is 4. The first-order valence-corrected chi connectivity index (χ1v) is 40.6. The minimum atomic E-state index is -1.09. The summed E-state index contributed by atoms with van der Waals surface area (Å²) in [5.74, 6) is 1.56. The van der Waals surface area contributed by atoms with Crippen LogP contribution in [0.15, 0.2) is 170 Å². The summed E-state index contributed by atoms with van der Waals surface area (Å²) in [5.41, 5.74) is 39.1. The molecule has 8 aromatic carbocycles. The topological polar surface area (TPSA) is 479 Å². The summed E-state index contributed by atoms with van der Waals surface area (Å²) in [6, 6.07) is 49.8. The number of anilines is 4. The highest BCUT2D eigenvalue weighted by Crippen LogP contribution is 2.33. The number of amides is 7. The molecule has 12 rings (SSSR count). The summed E-state index contributed by atoms with van der Waals surface area (Å²) in [6.45, 7) is 4.65. The van der Waals surface area contributed by atoms with Crippen molar-refractivity contribution >= 4 is 64.1 Å². The highest BCUT2D eigenvalue weighted by Gasteiger charge is 2.33. The number of para-hydroxylation sites is 8. The van der Waals surface area contributed by atoms with E-state index in [1.54, 1.807) is 101 Å². The number of methoxy groups -OCH3 is 4. The monoisotopic (exact) mass is 1700 g/mol. The fraction of sp³-hybridized carbons (Fsp3) is 0.389. The first kappa shape index (κ1) is 94.9. The first-order valence-electron chi connectivity index (χ1n) is 40.6. The van der Waals surface area contributed by atoms with Crippen molar-refractivity contribution < 1.29 is 106 Å². The molecule has 0 fully saturated rings. The molecule has 0 radical (unpaired) electrons. The molecule has 0 aliphatic carbocycles. The van der Waals surface area contributed by atoms with E-state index in [0.29, 0.717) is 124 Å². The van der Waals surface area contributed by atoms with Crippen molar-refractivity contribution in [2.75, 3.05) is 76.1 Å². The second-order valence-electron chi connectivity index (χ2n) is 29.5. The van der Waals surface area contributed by atoms with Gasteiger partial charge in [0.15, 0.2) is 12.2 Å². The van der Waals surface area contributed by atoms with Crippen molar-refractivity contribution in [1.29, 1.82) is 0 Å². The fourth-order valence-electron chi connectivity index (χ4n) is 13.6. The van der Waals surface area contributed by atoms with Crippen LogP contribution in [0.2, 0.25) is 0 Å². The predicted octanol–water partition coefficient (Wildman–Crippen LogP) is 9.36. The smallest absolute Gasteiger partial charge is 0.255 e. The zero-order valence-corrected chi connectivity index (χ0v) is 69.7. The van der Waals surface area contributed by atoms with E-state index in [1.807, 2.05) is 97.9 Å². The van der Waals surface area contributed by atoms with Crippen LogP contribution in [-0.2, 0) is 105 Å². The van der Waals surface area contributed by atoms with Crippen LogP contribution in [-0.4, -0.2) is 160 Å². The quantitative estimate of drug-likeness (QED) is 0.0298. The average Bonchev–Trinajstić information content (AvgIpc) is 0.830. The third-order valence-corrected chi connectivity index (χ3v) is 20.0. The maximum Gasteiger partial charge on any atom is 0.255 e. The van der Waals surface area contributed by atoms with Gasteiger partial charge in [-0.1, -0.05) is 79.7 Å². The minimum Gasteiger partial charge on any atom is -0.497 e. The molecule has 33 nitrogen and oxygen atoms in total. The van der Waals surface area contributed by atoms with E-state index in [4.69, 9.17) is 95.4 Å². The molecule has 0 saturated heterocycles. The van der Waals surface area contributed by atoms with Gasteiger partial charge in [0, 0.05) is 69.9 Å². The van der Waals surface area contributed by atoms with Gasteiger partial charge < -0.3 is 101 Å². The molecule has 8 aromatic rings. The number of hydrogen-bond acceptors (Lipinski definition) is 26. The zero-order chi connectivity index (χ0) is 88.0. The van der Waals surface area contributed by atoms with Gasteiger partial charge in [-0.3, -0.25) is 49.2 Å². The van der Waals surface area contributed by atoms with Crippen molar-refractivity contribution in [3.8, 4) is 46.0 Å². The number of hydroxylamine groups is 3. The summed E-state index contributed by atoms with van der Waals surface area (Å²) in [7, 11) is 6.52. The molecule has 0 saturated carbocycles. The van der Waals surface area contributed by atoms with Gasteiger partial charge in [0.25, 0.3) is 23.6 Å². The Hall–Kier alpha value is -12.0. The number of nitrogens with one attached hydrogen (secondary N) is 7. The summed E-state index contributed by atoms with van der Waals surface area (Å²) in [5, 5.41) is 37.6. The molecule has 0 aromatic heterocycles. The van der Waals surface area contributed by atoms with Crippen LogP contribution in [0.3, 0.4) is 0 Å². The minimum absolute atomic E-state index is 0.0860. The van der Waals surface area contributed by atoms with E-state index in [0.717, 1.165) is 93.2 Å². The highest BCUT2D eigenvalue weighted by atomic mass is 16.5. The molecule has 18 N–H and O–H groups in total. The van der Waals surface area contributed by atoms with Gasteiger partial charge in [0.1, 0.15) is 84.6 Å². The van der Waals surface area contributed by atoms with E-state index in [2.05, 4.69) is 33.4 Å². The Morgan fingerprint density at radius 2 is 0.634 bits per heavy atom. The largest absolute Gasteiger partial charge is 0.497 e. The molecule has 4 heterocycles. The Kier molecular flexibility index (Phi) is 38.4. The standard InChI is InChI=1S/C23H29N3O6.C23H30N2O4.2C22H27N3O6/c1-30-18-10-15-5-4-8-31-21(12-17(24)13-22(27)26-29)23(28)25-19-6-2-3-7-20(19)32-14-16(9-15)11-18;1-3-18(24)14-22-23(26)25-20-8-4-5-9-21(20)29-15-17-11-16(7-6-10-28-22)12-19(13-17)27-2;2*1-29-16-10-14-5-4-8-30-21(17(23)12-20(26)25-28)22(27)24-18-6-2-3-7-19(18)31-13-15(9-14)11-16/h2-3,6-7,9-11,17,21,29H,4-5,8,12-14,24H2,1H3,(H,25,28)(H,26,27);4-5,8-9,11-13,18,22H,3,6-7,10,14-15,24H2,1-2H3,(H,25,26);2*2-3,6-7,9-11,17,21,28H,4-5,8,12-13,23H2,1H3,(H,24,27)(H,25,26)/t17-,21-;18-,22-;17-,21+;17-,21-/m1101/s1. The fourth-order valence-corrected chi connectivity index (χ4v) is 13.6. The Morgan fingerprint density at radius 1 is 0.374 bits per heavy atom. The van der Waals surface area contributed by atoms with Gasteiger partial charge in [-0.25, -0.2) is 16.4 Å². The van der Waals surface area contributed by atoms with Crippen LogP contribution in [0.25, 0.3) is 0 Å². The summed E-state index contributed by atoms with van der Waals surface area (Å²) in [6.07, 6.45) is 2.77. The van der Waals surface area contributed by atoms with Crippen LogP contribution in [0.5, 0.6) is 46.0 Å². The molecule has 8 bridgehead atoms. The van der Waals surface area contributed by atoms with Crippen molar-refractivity contribution in [2.24, 2.45) is 22.9 Å². The molecular formula is C90H113N11O22. The summed E-state index contributed by atoms with van der Waals surface area (Å²) < 4.78 is 69.0. The molecule has 0 spiro atoms. The number of fused-ring (bicyclic) bond motifs is 12. The Labute approximate surface area is 714 Å². The van der Waals surface area contributed by atoms with Crippen LogP contribution in [0.4, 0.5) is 22.7 Å². The van der Waals surface area contributed by atoms with Crippen molar-refractivity contribution in [2.45, 2.75) is 172 Å². The first-order chi connectivity index (χ1) is 59.6. The van der Waals surface area contributed by atoms with E-state index in [9.17, 15) is 33.6 Å². The normalized spacial score (nSPS) is 18.0. The van der Waals surface area contributed by atoms with Crippen molar-refractivity contribution in [3.05, 3.63) is 214 Å². The Morgan fingerprint density at radius 3 is 0.919 bits per heavy atom. The van der Waals surface area contributed by atoms with Crippen molar-refractivity contribution in [1.82, 2.24) is 16.4 Å². The molecule has 0 unspecified atom stereocenters. The maximum atomic E-state index is 13.0. The molecule has 4 aliphatic heterocycles. The van der Waals surface area contributed by atoms with E-state index in [1.165, 1.54) is 11.0 Å². The van der Waals surface area contributed by atoms with Gasteiger partial charge in [-0.2, -0.15) is 0 Å². The number of hydrogen-bond donors (Lipinski definition) is 14. The zero-order valence-electron chi connectivity index (χ0n) is 69.7. The lowest BCUT2D eigenvalue weighted by Gasteiger charge is -2.24. The van der Waals surface area contributed by atoms with Gasteiger partial charge in [0.2, 0.25) is 17.7 Å². The van der Waals surface area contributed by atoms with E-state index < -0.39 is 72.1 Å². The van der Waals surface area contributed by atoms with Gasteiger partial charge in [-0.15, -0.1) is 0 Å². The molecule has 660 valence electrons. The molecular weight excluding hydrogens is 1590 g/mol. The molecule has 7 amide bonds. The third kappa shape index (κ3) is 30.8. The third-order valence-electron chi connectivity index (χ3n) is 20.0. The Balaban J connectivity index is 0.000000186. The summed E-state index contributed by atoms with van der Waals surface area (Å²) in [4.78, 5) is 86.2. The number of benzene rings is 8. The molecule has 123 heavy (non-hydrogen) atoms. The van der Waals surface area contributed by atoms with E-state index in [-0.39, 0.29) is 56.8 Å². The Bertz CT molecular complexity index is 4620. The van der Waals surface area contributed by atoms with Crippen LogP contribution in [0.1, 0.15) is 116 Å².